The Balaban J connectivity index is 2.34. The van der Waals surface area contributed by atoms with Crippen LogP contribution in [0.25, 0.3) is 10.9 Å². The summed E-state index contributed by atoms with van der Waals surface area (Å²) in [5.41, 5.74) is 2.09. The van der Waals surface area contributed by atoms with Crippen molar-refractivity contribution in [2.45, 2.75) is 24.9 Å². The molecule has 1 heterocycles. The molecule has 2 rings (SSSR count). The van der Waals surface area contributed by atoms with Crippen LogP contribution >= 0.6 is 23.4 Å². The van der Waals surface area contributed by atoms with E-state index in [0.717, 1.165) is 22.2 Å². The molecule has 1 aromatic heterocycles. The number of pyridine rings is 1. The lowest BCUT2D eigenvalue weighted by Gasteiger charge is -2.07. The van der Waals surface area contributed by atoms with Gasteiger partial charge >= 0.3 is 0 Å². The fourth-order valence-electron chi connectivity index (χ4n) is 1.49. The molecule has 0 unspecified atom stereocenters. The first-order chi connectivity index (χ1) is 7.66. The molecule has 1 nitrogen and oxygen atoms in total. The molecule has 0 spiro atoms. The van der Waals surface area contributed by atoms with Gasteiger partial charge in [0, 0.05) is 16.7 Å². The standard InChI is InChI=1S/C13H14ClNS/c1-9(2)16-8-11-7-10-5-3-4-6-12(10)15-13(11)14/h3-7,9H,8H2,1-2H3. The van der Waals surface area contributed by atoms with E-state index < -0.39 is 0 Å². The second kappa shape index (κ2) is 5.07. The van der Waals surface area contributed by atoms with Crippen LogP contribution in [0.5, 0.6) is 0 Å². The number of hydrogen-bond donors (Lipinski definition) is 0. The van der Waals surface area contributed by atoms with Gasteiger partial charge in [-0.25, -0.2) is 4.98 Å². The summed E-state index contributed by atoms with van der Waals surface area (Å²) in [7, 11) is 0. The van der Waals surface area contributed by atoms with Crippen LogP contribution in [0.2, 0.25) is 5.15 Å². The van der Waals surface area contributed by atoms with E-state index in [9.17, 15) is 0 Å². The highest BCUT2D eigenvalue weighted by molar-refractivity contribution is 7.99. The van der Waals surface area contributed by atoms with Crippen LogP contribution in [0.3, 0.4) is 0 Å². The van der Waals surface area contributed by atoms with Gasteiger partial charge < -0.3 is 0 Å². The van der Waals surface area contributed by atoms with Crippen LogP contribution in [0.15, 0.2) is 30.3 Å². The Hall–Kier alpha value is -0.730. The highest BCUT2D eigenvalue weighted by Gasteiger charge is 2.05. The minimum Gasteiger partial charge on any atom is -0.236 e. The predicted octanol–water partition coefficient (Wildman–Crippen LogP) is 4.53. The summed E-state index contributed by atoms with van der Waals surface area (Å²) >= 11 is 8.04. The SMILES string of the molecule is CC(C)SCc1cc2ccccc2nc1Cl. The van der Waals surface area contributed by atoms with Gasteiger partial charge in [-0.3, -0.25) is 0 Å². The van der Waals surface area contributed by atoms with Crippen LogP contribution in [-0.4, -0.2) is 10.2 Å². The first-order valence-corrected chi connectivity index (χ1v) is 6.75. The number of rotatable bonds is 3. The third-order valence-corrected chi connectivity index (χ3v) is 3.79. The van der Waals surface area contributed by atoms with Crippen LogP contribution in [0.1, 0.15) is 19.4 Å². The Bertz CT molecular complexity index is 496. The van der Waals surface area contributed by atoms with E-state index in [2.05, 4.69) is 31.0 Å². The molecular weight excluding hydrogens is 238 g/mol. The van der Waals surface area contributed by atoms with Crippen molar-refractivity contribution >= 4 is 34.3 Å². The molecule has 0 aliphatic heterocycles. The molecule has 0 aliphatic carbocycles. The number of halogens is 1. The molecular formula is C13H14ClNS. The molecule has 2 aromatic rings. The largest absolute Gasteiger partial charge is 0.236 e. The summed E-state index contributed by atoms with van der Waals surface area (Å²) in [5, 5.41) is 2.40. The molecule has 1 aromatic carbocycles. The highest BCUT2D eigenvalue weighted by Crippen LogP contribution is 2.25. The van der Waals surface area contributed by atoms with Gasteiger partial charge in [0.15, 0.2) is 0 Å². The first kappa shape index (κ1) is 11.7. The Kier molecular flexibility index (Phi) is 3.72. The van der Waals surface area contributed by atoms with Gasteiger partial charge in [-0.1, -0.05) is 43.6 Å². The summed E-state index contributed by atoms with van der Waals surface area (Å²) in [4.78, 5) is 4.41. The molecule has 0 aliphatic rings. The maximum Gasteiger partial charge on any atom is 0.133 e. The van der Waals surface area contributed by atoms with Crippen molar-refractivity contribution in [1.29, 1.82) is 0 Å². The molecule has 16 heavy (non-hydrogen) atoms. The molecule has 0 bridgehead atoms. The average Bonchev–Trinajstić information content (AvgIpc) is 2.26. The first-order valence-electron chi connectivity index (χ1n) is 5.32. The molecule has 0 radical (unpaired) electrons. The fraction of sp³-hybridized carbons (Fsp3) is 0.308. The van der Waals surface area contributed by atoms with Gasteiger partial charge in [-0.05, 0) is 17.4 Å². The molecule has 0 N–H and O–H groups in total. The van der Waals surface area contributed by atoms with Crippen molar-refractivity contribution in [3.05, 3.63) is 41.0 Å². The molecule has 0 fully saturated rings. The molecule has 0 saturated carbocycles. The summed E-state index contributed by atoms with van der Waals surface area (Å²) in [5.74, 6) is 0.925. The summed E-state index contributed by atoms with van der Waals surface area (Å²) in [6, 6.07) is 10.2. The lowest BCUT2D eigenvalue weighted by atomic mass is 10.2. The van der Waals surface area contributed by atoms with Gasteiger partial charge in [0.05, 0.1) is 5.52 Å². The third kappa shape index (κ3) is 2.69. The van der Waals surface area contributed by atoms with Crippen molar-refractivity contribution in [1.82, 2.24) is 4.98 Å². The minimum atomic E-state index is 0.613. The van der Waals surface area contributed by atoms with Gasteiger partial charge in [0.1, 0.15) is 5.15 Å². The fourth-order valence-corrected chi connectivity index (χ4v) is 2.52. The number of nitrogens with zero attached hydrogens (tertiary/aromatic N) is 1. The van der Waals surface area contributed by atoms with E-state index in [1.54, 1.807) is 0 Å². The maximum absolute atomic E-state index is 6.16. The topological polar surface area (TPSA) is 12.9 Å². The summed E-state index contributed by atoms with van der Waals surface area (Å²) in [6.07, 6.45) is 0. The second-order valence-electron chi connectivity index (χ2n) is 3.99. The lowest BCUT2D eigenvalue weighted by molar-refractivity contribution is 1.11. The molecule has 3 heteroatoms. The van der Waals surface area contributed by atoms with E-state index in [-0.39, 0.29) is 0 Å². The zero-order valence-corrected chi connectivity index (χ0v) is 11.0. The second-order valence-corrected chi connectivity index (χ2v) is 5.91. The van der Waals surface area contributed by atoms with E-state index in [4.69, 9.17) is 11.6 Å². The highest BCUT2D eigenvalue weighted by atomic mass is 35.5. The van der Waals surface area contributed by atoms with Gasteiger partial charge in [-0.15, -0.1) is 0 Å². The van der Waals surface area contributed by atoms with Crippen molar-refractivity contribution in [2.24, 2.45) is 0 Å². The van der Waals surface area contributed by atoms with Crippen LogP contribution < -0.4 is 0 Å². The third-order valence-electron chi connectivity index (χ3n) is 2.32. The van der Waals surface area contributed by atoms with Crippen molar-refractivity contribution in [3.63, 3.8) is 0 Å². The molecule has 0 amide bonds. The van der Waals surface area contributed by atoms with E-state index in [1.165, 1.54) is 0 Å². The Labute approximate surface area is 105 Å². The Morgan fingerprint density at radius 3 is 2.81 bits per heavy atom. The number of thioether (sulfide) groups is 1. The van der Waals surface area contributed by atoms with Crippen molar-refractivity contribution in [2.75, 3.05) is 0 Å². The summed E-state index contributed by atoms with van der Waals surface area (Å²) < 4.78 is 0. The number of para-hydroxylation sites is 1. The quantitative estimate of drug-likeness (QED) is 0.744. The van der Waals surface area contributed by atoms with Gasteiger partial charge in [0.25, 0.3) is 0 Å². The summed E-state index contributed by atoms with van der Waals surface area (Å²) in [6.45, 7) is 4.38. The predicted molar refractivity (Wildman–Crippen MR) is 73.2 cm³/mol. The lowest BCUT2D eigenvalue weighted by Crippen LogP contribution is -1.92. The van der Waals surface area contributed by atoms with Crippen LogP contribution in [-0.2, 0) is 5.75 Å². The Morgan fingerprint density at radius 2 is 2.06 bits per heavy atom. The van der Waals surface area contributed by atoms with Gasteiger partial charge in [0.2, 0.25) is 0 Å². The van der Waals surface area contributed by atoms with E-state index >= 15 is 0 Å². The molecule has 0 atom stereocenters. The number of aromatic nitrogens is 1. The van der Waals surface area contributed by atoms with E-state index in [0.29, 0.717) is 10.4 Å². The van der Waals surface area contributed by atoms with Crippen molar-refractivity contribution in [3.8, 4) is 0 Å². The van der Waals surface area contributed by atoms with Crippen molar-refractivity contribution < 1.29 is 0 Å². The van der Waals surface area contributed by atoms with E-state index in [1.807, 2.05) is 30.0 Å². The van der Waals surface area contributed by atoms with Crippen LogP contribution in [0.4, 0.5) is 0 Å². The Morgan fingerprint density at radius 1 is 1.31 bits per heavy atom. The normalized spacial score (nSPS) is 11.2. The smallest absolute Gasteiger partial charge is 0.133 e. The number of benzene rings is 1. The molecule has 0 saturated heterocycles. The zero-order valence-electron chi connectivity index (χ0n) is 9.40. The average molecular weight is 252 g/mol. The number of fused-ring (bicyclic) bond motifs is 1. The maximum atomic E-state index is 6.16. The zero-order chi connectivity index (χ0) is 11.5. The van der Waals surface area contributed by atoms with Crippen LogP contribution in [0, 0.1) is 0 Å². The number of hydrogen-bond acceptors (Lipinski definition) is 2. The van der Waals surface area contributed by atoms with Gasteiger partial charge in [-0.2, -0.15) is 11.8 Å². The molecule has 84 valence electrons. The monoisotopic (exact) mass is 251 g/mol. The minimum absolute atomic E-state index is 0.613.